The molecule has 0 fully saturated rings. The number of hydrogen-bond donors (Lipinski definition) is 2. The minimum atomic E-state index is -0.467. The minimum Gasteiger partial charge on any atom is -0.486 e. The van der Waals surface area contributed by atoms with Crippen molar-refractivity contribution in [2.45, 2.75) is 13.0 Å². The van der Waals surface area contributed by atoms with Crippen LogP contribution in [0.4, 0.5) is 0 Å². The Balaban J connectivity index is 2.08. The van der Waals surface area contributed by atoms with Crippen LogP contribution in [-0.4, -0.2) is 18.0 Å². The van der Waals surface area contributed by atoms with Crippen molar-refractivity contribution in [3.63, 3.8) is 0 Å². The van der Waals surface area contributed by atoms with Gasteiger partial charge in [0.1, 0.15) is 11.9 Å². The molecule has 112 valence electrons. The van der Waals surface area contributed by atoms with Crippen LogP contribution in [0.5, 0.6) is 5.75 Å². The fraction of sp³-hybridized carbons (Fsp3) is 0.125. The molecular weight excluding hydrogens is 298 g/mol. The van der Waals surface area contributed by atoms with Crippen LogP contribution in [0.25, 0.3) is 5.57 Å². The van der Waals surface area contributed by atoms with Gasteiger partial charge in [0.2, 0.25) is 0 Å². The van der Waals surface area contributed by atoms with Gasteiger partial charge in [0.05, 0.1) is 0 Å². The van der Waals surface area contributed by atoms with Gasteiger partial charge in [0.25, 0.3) is 5.91 Å². The van der Waals surface area contributed by atoms with Crippen LogP contribution >= 0.6 is 11.3 Å². The van der Waals surface area contributed by atoms with E-state index in [0.29, 0.717) is 5.56 Å². The molecule has 1 aliphatic rings. The Morgan fingerprint density at radius 1 is 1.32 bits per heavy atom. The number of carbonyl (C=O) groups excluding carboxylic acids is 1. The second kappa shape index (κ2) is 5.65. The second-order valence-electron chi connectivity index (χ2n) is 4.97. The first-order chi connectivity index (χ1) is 10.5. The van der Waals surface area contributed by atoms with Gasteiger partial charge in [0.15, 0.2) is 5.96 Å². The average Bonchev–Trinajstić information content (AvgIpc) is 2.99. The molecule has 6 heteroatoms. The zero-order chi connectivity index (χ0) is 15.7. The number of rotatable bonds is 2. The van der Waals surface area contributed by atoms with Crippen LogP contribution in [0.1, 0.15) is 28.4 Å². The molecule has 2 heterocycles. The van der Waals surface area contributed by atoms with Gasteiger partial charge in [0, 0.05) is 11.1 Å². The Labute approximate surface area is 131 Å². The first-order valence-electron chi connectivity index (χ1n) is 6.74. The number of benzene rings is 1. The van der Waals surface area contributed by atoms with E-state index in [4.69, 9.17) is 16.2 Å². The molecule has 0 bridgehead atoms. The van der Waals surface area contributed by atoms with Gasteiger partial charge < -0.3 is 16.2 Å². The van der Waals surface area contributed by atoms with Crippen molar-refractivity contribution in [3.8, 4) is 5.75 Å². The summed E-state index contributed by atoms with van der Waals surface area (Å²) >= 11 is 1.62. The van der Waals surface area contributed by atoms with Crippen LogP contribution in [0, 0.1) is 0 Å². The van der Waals surface area contributed by atoms with Crippen molar-refractivity contribution in [2.24, 2.45) is 16.5 Å². The predicted octanol–water partition coefficient (Wildman–Crippen LogP) is 2.37. The number of ether oxygens (including phenoxy) is 1. The normalized spacial score (nSPS) is 16.2. The van der Waals surface area contributed by atoms with E-state index in [1.807, 2.05) is 24.4 Å². The number of guanidine groups is 1. The molecule has 1 aromatic carbocycles. The van der Waals surface area contributed by atoms with Crippen molar-refractivity contribution in [1.29, 1.82) is 0 Å². The van der Waals surface area contributed by atoms with Gasteiger partial charge in [-0.3, -0.25) is 4.79 Å². The van der Waals surface area contributed by atoms with Gasteiger partial charge in [-0.2, -0.15) is 16.3 Å². The average molecular weight is 313 g/mol. The number of hydrogen-bond acceptors (Lipinski definition) is 3. The van der Waals surface area contributed by atoms with Crippen molar-refractivity contribution >= 4 is 28.8 Å². The maximum absolute atomic E-state index is 12.0. The predicted molar refractivity (Wildman–Crippen MR) is 88.1 cm³/mol. The molecule has 1 unspecified atom stereocenters. The van der Waals surface area contributed by atoms with Crippen molar-refractivity contribution in [3.05, 3.63) is 57.8 Å². The summed E-state index contributed by atoms with van der Waals surface area (Å²) in [5.41, 5.74) is 14.0. The quantitative estimate of drug-likeness (QED) is 0.658. The standard InChI is InChI=1S/C16H15N3O2S/c1-9-6-12(11-4-5-22-8-11)13-7-10(2-3-14(13)21-9)15(20)19-16(17)18/h2-9H,1H3,(H4,17,18,19,20). The molecule has 0 radical (unpaired) electrons. The van der Waals surface area contributed by atoms with Crippen molar-refractivity contribution in [2.75, 3.05) is 0 Å². The van der Waals surface area contributed by atoms with Gasteiger partial charge >= 0.3 is 0 Å². The van der Waals surface area contributed by atoms with E-state index in [2.05, 4.69) is 10.4 Å². The highest BCUT2D eigenvalue weighted by Crippen LogP contribution is 2.37. The number of fused-ring (bicyclic) bond motifs is 1. The summed E-state index contributed by atoms with van der Waals surface area (Å²) in [4.78, 5) is 15.6. The van der Waals surface area contributed by atoms with E-state index in [-0.39, 0.29) is 12.1 Å². The van der Waals surface area contributed by atoms with E-state index < -0.39 is 5.91 Å². The van der Waals surface area contributed by atoms with Crippen LogP contribution in [0.2, 0.25) is 0 Å². The number of thiophene rings is 1. The third kappa shape index (κ3) is 2.73. The first-order valence-corrected chi connectivity index (χ1v) is 7.68. The highest BCUT2D eigenvalue weighted by molar-refractivity contribution is 7.08. The molecule has 3 rings (SSSR count). The topological polar surface area (TPSA) is 90.7 Å². The van der Waals surface area contributed by atoms with E-state index >= 15 is 0 Å². The molecule has 1 atom stereocenters. The summed E-state index contributed by atoms with van der Waals surface area (Å²) in [5.74, 6) is 0.0322. The van der Waals surface area contributed by atoms with Crippen molar-refractivity contribution in [1.82, 2.24) is 0 Å². The van der Waals surface area contributed by atoms with Gasteiger partial charge in [-0.05, 0) is 59.2 Å². The van der Waals surface area contributed by atoms with Crippen LogP contribution in [-0.2, 0) is 0 Å². The zero-order valence-corrected chi connectivity index (χ0v) is 12.8. The number of nitrogens with two attached hydrogens (primary N) is 2. The molecule has 1 aliphatic heterocycles. The lowest BCUT2D eigenvalue weighted by Gasteiger charge is -2.23. The fourth-order valence-electron chi connectivity index (χ4n) is 2.39. The number of aliphatic imine (C=N–C) groups is 1. The third-order valence-corrected chi connectivity index (χ3v) is 3.98. The van der Waals surface area contributed by atoms with E-state index in [0.717, 1.165) is 22.4 Å². The van der Waals surface area contributed by atoms with Crippen LogP contribution < -0.4 is 16.2 Å². The summed E-state index contributed by atoms with van der Waals surface area (Å²) in [6.07, 6.45) is 2.01. The Bertz CT molecular complexity index is 775. The maximum Gasteiger partial charge on any atom is 0.280 e. The van der Waals surface area contributed by atoms with E-state index in [1.165, 1.54) is 0 Å². The molecule has 5 nitrogen and oxygen atoms in total. The summed E-state index contributed by atoms with van der Waals surface area (Å²) in [5, 5.41) is 4.09. The smallest absolute Gasteiger partial charge is 0.280 e. The fourth-order valence-corrected chi connectivity index (χ4v) is 3.04. The number of nitrogens with zero attached hydrogens (tertiary/aromatic N) is 1. The summed E-state index contributed by atoms with van der Waals surface area (Å²) in [6.45, 7) is 1.98. The maximum atomic E-state index is 12.0. The van der Waals surface area contributed by atoms with Gasteiger partial charge in [-0.15, -0.1) is 0 Å². The Morgan fingerprint density at radius 3 is 2.82 bits per heavy atom. The molecule has 1 aromatic heterocycles. The summed E-state index contributed by atoms with van der Waals surface area (Å²) < 4.78 is 5.81. The molecule has 22 heavy (non-hydrogen) atoms. The van der Waals surface area contributed by atoms with Crippen LogP contribution in [0.3, 0.4) is 0 Å². The van der Waals surface area contributed by atoms with Crippen LogP contribution in [0.15, 0.2) is 46.1 Å². The Morgan fingerprint density at radius 2 is 2.14 bits per heavy atom. The molecule has 1 amide bonds. The van der Waals surface area contributed by atoms with Gasteiger partial charge in [-0.1, -0.05) is 0 Å². The molecular formula is C16H15N3O2S. The monoisotopic (exact) mass is 313 g/mol. The first kappa shape index (κ1) is 14.3. The largest absolute Gasteiger partial charge is 0.486 e. The highest BCUT2D eigenvalue weighted by Gasteiger charge is 2.21. The molecule has 2 aromatic rings. The molecule has 0 saturated heterocycles. The minimum absolute atomic E-state index is 0.0262. The second-order valence-corrected chi connectivity index (χ2v) is 5.75. The summed E-state index contributed by atoms with van der Waals surface area (Å²) in [6, 6.07) is 7.25. The number of carbonyl (C=O) groups is 1. The third-order valence-electron chi connectivity index (χ3n) is 3.29. The lowest BCUT2D eigenvalue weighted by Crippen LogP contribution is -2.24. The zero-order valence-electron chi connectivity index (χ0n) is 11.9. The lowest BCUT2D eigenvalue weighted by atomic mass is 9.94. The summed E-state index contributed by atoms with van der Waals surface area (Å²) in [7, 11) is 0. The lowest BCUT2D eigenvalue weighted by molar-refractivity contribution is 0.100. The Kier molecular flexibility index (Phi) is 3.68. The molecule has 4 N–H and O–H groups in total. The molecule has 0 saturated carbocycles. The van der Waals surface area contributed by atoms with Gasteiger partial charge in [-0.25, -0.2) is 0 Å². The SMILES string of the molecule is CC1C=C(c2ccsc2)c2cc(C(=O)N=C(N)N)ccc2O1. The van der Waals surface area contributed by atoms with E-state index in [9.17, 15) is 4.79 Å². The highest BCUT2D eigenvalue weighted by atomic mass is 32.1. The van der Waals surface area contributed by atoms with E-state index in [1.54, 1.807) is 29.5 Å². The number of amides is 1. The molecule has 0 aliphatic carbocycles. The van der Waals surface area contributed by atoms with Crippen molar-refractivity contribution < 1.29 is 9.53 Å². The Hall–Kier alpha value is -2.60. The molecule has 0 spiro atoms.